The topological polar surface area (TPSA) is 0 Å². The van der Waals surface area contributed by atoms with E-state index in [9.17, 15) is 17.3 Å². The Kier molecular flexibility index (Phi) is 21.9. The van der Waals surface area contributed by atoms with Gasteiger partial charge in [-0.25, -0.2) is 0 Å². The van der Waals surface area contributed by atoms with E-state index in [1.807, 2.05) is 0 Å². The van der Waals surface area contributed by atoms with Crippen LogP contribution in [0.25, 0.3) is 0 Å². The predicted molar refractivity (Wildman–Crippen MR) is 57.9 cm³/mol. The molecular weight excluding hydrogens is 240 g/mol. The van der Waals surface area contributed by atoms with Crippen LogP contribution < -0.4 is 59.1 Å². The largest absolute Gasteiger partial charge is 1.00 e. The van der Waals surface area contributed by atoms with E-state index in [1.54, 1.807) is 0 Å². The van der Waals surface area contributed by atoms with Crippen LogP contribution in [0.5, 0.6) is 0 Å². The maximum Gasteiger partial charge on any atom is 1.00 e. The molecule has 8 heteroatoms. The van der Waals surface area contributed by atoms with E-state index in [0.29, 0.717) is 0 Å². The summed E-state index contributed by atoms with van der Waals surface area (Å²) in [5.41, 5.74) is 0. The molecule has 16 heavy (non-hydrogen) atoms. The second kappa shape index (κ2) is 13.3. The van der Waals surface area contributed by atoms with Crippen molar-refractivity contribution in [3.05, 3.63) is 0 Å². The number of hydrogen-bond acceptors (Lipinski definition) is 0. The summed E-state index contributed by atoms with van der Waals surface area (Å²) in [6.45, 7) is 9.32. The minimum atomic E-state index is -6.00. The van der Waals surface area contributed by atoms with Gasteiger partial charge in [0.25, 0.3) is 0 Å². The Balaban J connectivity index is -0.0000000904. The fourth-order valence-corrected chi connectivity index (χ4v) is 1.73. The molecule has 0 aliphatic carbocycles. The van der Waals surface area contributed by atoms with Gasteiger partial charge in [-0.1, -0.05) is 27.7 Å². The number of hydrogen-bond donors (Lipinski definition) is 0. The average Bonchev–Trinajstić information content (AvgIpc) is 2.07. The third-order valence-electron chi connectivity index (χ3n) is 3.46. The van der Waals surface area contributed by atoms with Gasteiger partial charge in [0.2, 0.25) is 0 Å². The monoisotopic (exact) mass is 260 g/mol. The van der Waals surface area contributed by atoms with Gasteiger partial charge in [-0.15, -0.1) is 0 Å². The van der Waals surface area contributed by atoms with Crippen molar-refractivity contribution < 1.29 is 76.4 Å². The second-order valence-electron chi connectivity index (χ2n) is 3.86. The fourth-order valence-electron chi connectivity index (χ4n) is 1.73. The summed E-state index contributed by atoms with van der Waals surface area (Å²) in [4.78, 5) is 0. The van der Waals surface area contributed by atoms with Crippen molar-refractivity contribution >= 4 is 13.4 Å². The minimum Gasteiger partial charge on any atom is -0.418 e. The van der Waals surface area contributed by atoms with Crippen LogP contribution in [0.1, 0.15) is 27.7 Å². The molecule has 0 aromatic carbocycles. The molecule has 0 bridgehead atoms. The van der Waals surface area contributed by atoms with Crippen LogP contribution in [0.4, 0.5) is 17.3 Å². The summed E-state index contributed by atoms with van der Waals surface area (Å²) >= 11 is 0. The van der Waals surface area contributed by atoms with Gasteiger partial charge < -0.3 is 17.3 Å². The van der Waals surface area contributed by atoms with Gasteiger partial charge in [-0.2, -0.15) is 25.3 Å². The molecule has 88 valence electrons. The number of rotatable bonds is 4. The van der Waals surface area contributed by atoms with E-state index >= 15 is 0 Å². The zero-order valence-corrected chi connectivity index (χ0v) is 15.5. The molecule has 0 aromatic rings. The summed E-state index contributed by atoms with van der Waals surface area (Å²) in [5, 5.41) is 0. The molecule has 0 atom stereocenters. The molecule has 0 saturated carbocycles. The molecule has 0 saturated heterocycles. The van der Waals surface area contributed by atoms with E-state index in [0.717, 1.165) is 0 Å². The molecule has 0 nitrogen and oxygen atoms in total. The third-order valence-corrected chi connectivity index (χ3v) is 3.46. The second-order valence-corrected chi connectivity index (χ2v) is 3.86. The van der Waals surface area contributed by atoms with Gasteiger partial charge in [0, 0.05) is 0 Å². The normalized spacial score (nSPS) is 10.5. The molecule has 0 aliphatic heterocycles. The molecule has 0 radical (unpaired) electrons. The maximum atomic E-state index is 9.75. The zero-order valence-electron chi connectivity index (χ0n) is 11.5. The van der Waals surface area contributed by atoms with Crippen molar-refractivity contribution in [1.29, 1.82) is 0 Å². The first-order valence-electron chi connectivity index (χ1n) is 5.33. The first-order valence-corrected chi connectivity index (χ1v) is 5.33. The Morgan fingerprint density at radius 3 is 0.750 bits per heavy atom. The predicted octanol–water partition coefficient (Wildman–Crippen LogP) is -1.18. The van der Waals surface area contributed by atoms with Crippen LogP contribution in [0.3, 0.4) is 0 Å². The first-order chi connectivity index (χ1) is 6.24. The van der Waals surface area contributed by atoms with Crippen LogP contribution in [0.2, 0.25) is 25.3 Å². The van der Waals surface area contributed by atoms with E-state index in [2.05, 4.69) is 27.7 Å². The summed E-state index contributed by atoms with van der Waals surface area (Å²) < 4.78 is 39.0. The van der Waals surface area contributed by atoms with Gasteiger partial charge in [0.1, 0.15) is 0 Å². The molecule has 0 N–H and O–H groups in total. The van der Waals surface area contributed by atoms with Crippen LogP contribution in [0, 0.1) is 0 Å². The molecule has 0 spiro atoms. The molecule has 0 rings (SSSR count). The minimum absolute atomic E-state index is 0. The molecule has 0 aliphatic rings. The smallest absolute Gasteiger partial charge is 0.418 e. The Morgan fingerprint density at radius 1 is 0.625 bits per heavy atom. The molecule has 0 aromatic heterocycles. The van der Waals surface area contributed by atoms with Crippen molar-refractivity contribution in [3.8, 4) is 0 Å². The summed E-state index contributed by atoms with van der Waals surface area (Å²) in [6, 6.07) is 0. The summed E-state index contributed by atoms with van der Waals surface area (Å²) in [6.07, 6.45) is 5.68. The average molecular weight is 260 g/mol. The fraction of sp³-hybridized carbons (Fsp3) is 1.00. The van der Waals surface area contributed by atoms with Crippen molar-refractivity contribution in [2.75, 3.05) is 0 Å². The summed E-state index contributed by atoms with van der Waals surface area (Å²) in [7, 11) is -6.00. The van der Waals surface area contributed by atoms with E-state index in [4.69, 9.17) is 0 Å². The molecule has 0 amide bonds. The van der Waals surface area contributed by atoms with Crippen molar-refractivity contribution in [2.24, 2.45) is 0 Å². The van der Waals surface area contributed by atoms with Gasteiger partial charge in [0.15, 0.2) is 0 Å². The van der Waals surface area contributed by atoms with Crippen LogP contribution in [-0.4, -0.2) is 13.4 Å². The molecule has 0 heterocycles. The first kappa shape index (κ1) is 26.4. The maximum absolute atomic E-state index is 9.75. The van der Waals surface area contributed by atoms with Crippen LogP contribution in [-0.2, 0) is 0 Å². The van der Waals surface area contributed by atoms with E-state index in [1.165, 1.54) is 25.3 Å². The molecule has 0 unspecified atom stereocenters. The Labute approximate surface area is 141 Å². The van der Waals surface area contributed by atoms with Crippen molar-refractivity contribution in [1.82, 2.24) is 0 Å². The SMILES string of the molecule is CC[B-](CC)(CC)CC.F[B-](F)(F)F.[Na+].[Na+]. The molecule has 0 fully saturated rings. The van der Waals surface area contributed by atoms with Gasteiger partial charge in [-0.05, 0) is 6.15 Å². The van der Waals surface area contributed by atoms with E-state index in [-0.39, 0.29) is 65.3 Å². The van der Waals surface area contributed by atoms with Crippen molar-refractivity contribution in [2.45, 2.75) is 53.0 Å². The summed E-state index contributed by atoms with van der Waals surface area (Å²) in [5.74, 6) is 0. The van der Waals surface area contributed by atoms with E-state index < -0.39 is 7.25 Å². The quantitative estimate of drug-likeness (QED) is 0.441. The molecular formula is C8H20B2F4Na2. The van der Waals surface area contributed by atoms with Gasteiger partial charge >= 0.3 is 66.4 Å². The third kappa shape index (κ3) is 18.2. The zero-order chi connectivity index (χ0) is 11.8. The van der Waals surface area contributed by atoms with Gasteiger partial charge in [-0.3, -0.25) is 0 Å². The van der Waals surface area contributed by atoms with Crippen LogP contribution in [0.15, 0.2) is 0 Å². The Hall–Kier alpha value is 1.85. The Morgan fingerprint density at radius 2 is 0.750 bits per heavy atom. The standard InChI is InChI=1S/C8H20B.BF4.2Na/c1-5-9(6-2,7-3)8-4;2-1(3,4)5;;/h5-8H2,1-4H3;;;/q2*-1;2*+1. The van der Waals surface area contributed by atoms with Crippen LogP contribution >= 0.6 is 0 Å². The van der Waals surface area contributed by atoms with Gasteiger partial charge in [0.05, 0.1) is 0 Å². The van der Waals surface area contributed by atoms with Crippen molar-refractivity contribution in [3.63, 3.8) is 0 Å². The Bertz CT molecular complexity index is 117. The number of halogens is 4.